The highest BCUT2D eigenvalue weighted by Crippen LogP contribution is 2.21. The predicted octanol–water partition coefficient (Wildman–Crippen LogP) is 1.74. The summed E-state index contributed by atoms with van der Waals surface area (Å²) in [6.07, 6.45) is 0.874. The number of nitrogens with one attached hydrogen (secondary N) is 1. The third-order valence-electron chi connectivity index (χ3n) is 4.96. The monoisotopic (exact) mass is 357 g/mol. The van der Waals surface area contributed by atoms with Gasteiger partial charge in [-0.3, -0.25) is 9.69 Å². The molecule has 0 saturated heterocycles. The molecule has 3 rings (SSSR count). The molecule has 0 fully saturated rings. The van der Waals surface area contributed by atoms with Crippen molar-refractivity contribution in [2.45, 2.75) is 39.3 Å². The van der Waals surface area contributed by atoms with Crippen molar-refractivity contribution in [1.29, 1.82) is 0 Å². The second kappa shape index (κ2) is 8.01. The lowest BCUT2D eigenvalue weighted by molar-refractivity contribution is 0.0704. The molecular formula is C20H27N3O3. The van der Waals surface area contributed by atoms with Gasteiger partial charge in [0.05, 0.1) is 24.5 Å². The minimum absolute atomic E-state index is 0.0800. The van der Waals surface area contributed by atoms with E-state index < -0.39 is 0 Å². The van der Waals surface area contributed by atoms with E-state index in [-0.39, 0.29) is 17.6 Å². The first-order chi connectivity index (χ1) is 12.5. The first kappa shape index (κ1) is 18.6. The quantitative estimate of drug-likeness (QED) is 0.823. The molecule has 1 unspecified atom stereocenters. The summed E-state index contributed by atoms with van der Waals surface area (Å²) in [6, 6.07) is 7.76. The van der Waals surface area contributed by atoms with Gasteiger partial charge >= 0.3 is 0 Å². The number of aliphatic hydroxyl groups is 1. The van der Waals surface area contributed by atoms with Crippen molar-refractivity contribution >= 4 is 0 Å². The fourth-order valence-electron chi connectivity index (χ4n) is 3.28. The van der Waals surface area contributed by atoms with Crippen LogP contribution in [0, 0.1) is 5.92 Å². The number of aromatic nitrogens is 2. The minimum Gasteiger partial charge on any atom is -0.496 e. The zero-order valence-corrected chi connectivity index (χ0v) is 15.7. The summed E-state index contributed by atoms with van der Waals surface area (Å²) in [4.78, 5) is 22.3. The van der Waals surface area contributed by atoms with Gasteiger partial charge in [0.1, 0.15) is 11.6 Å². The molecule has 0 saturated carbocycles. The SMILES string of the molecule is COc1ccccc1Cc1nc2c(c(=O)[nH]1)CN(CC(O)C(C)C)CC2. The van der Waals surface area contributed by atoms with Gasteiger partial charge in [0.2, 0.25) is 0 Å². The Bertz CT molecular complexity index is 816. The van der Waals surface area contributed by atoms with Crippen LogP contribution in [0.4, 0.5) is 0 Å². The highest BCUT2D eigenvalue weighted by molar-refractivity contribution is 5.35. The first-order valence-corrected chi connectivity index (χ1v) is 9.11. The summed E-state index contributed by atoms with van der Waals surface area (Å²) in [7, 11) is 1.64. The van der Waals surface area contributed by atoms with Crippen molar-refractivity contribution < 1.29 is 9.84 Å². The summed E-state index contributed by atoms with van der Waals surface area (Å²) in [5.74, 6) is 1.66. The van der Waals surface area contributed by atoms with Gasteiger partial charge in [0.15, 0.2) is 0 Å². The Morgan fingerprint density at radius 1 is 1.35 bits per heavy atom. The molecule has 0 spiro atoms. The molecule has 0 amide bonds. The molecule has 2 aromatic rings. The lowest BCUT2D eigenvalue weighted by Crippen LogP contribution is -2.41. The van der Waals surface area contributed by atoms with Crippen LogP contribution in [0.15, 0.2) is 29.1 Å². The molecule has 6 heteroatoms. The van der Waals surface area contributed by atoms with Crippen molar-refractivity contribution in [2.75, 3.05) is 20.2 Å². The second-order valence-corrected chi connectivity index (χ2v) is 7.22. The van der Waals surface area contributed by atoms with Gasteiger partial charge in [0.25, 0.3) is 5.56 Å². The molecule has 0 aliphatic carbocycles. The van der Waals surface area contributed by atoms with Gasteiger partial charge in [-0.1, -0.05) is 32.0 Å². The average molecular weight is 357 g/mol. The summed E-state index contributed by atoms with van der Waals surface area (Å²) in [5, 5.41) is 10.1. The number of aromatic amines is 1. The number of rotatable bonds is 6. The molecule has 140 valence electrons. The van der Waals surface area contributed by atoms with Gasteiger partial charge in [-0.25, -0.2) is 4.98 Å². The fraction of sp³-hybridized carbons (Fsp3) is 0.500. The van der Waals surface area contributed by atoms with E-state index in [1.54, 1.807) is 7.11 Å². The van der Waals surface area contributed by atoms with Gasteiger partial charge in [0, 0.05) is 38.0 Å². The van der Waals surface area contributed by atoms with Crippen LogP contribution in [0.2, 0.25) is 0 Å². The third-order valence-corrected chi connectivity index (χ3v) is 4.96. The summed E-state index contributed by atoms with van der Waals surface area (Å²) in [5.41, 5.74) is 2.50. The van der Waals surface area contributed by atoms with Crippen molar-refractivity contribution in [3.05, 3.63) is 57.3 Å². The third kappa shape index (κ3) is 4.14. The topological polar surface area (TPSA) is 78.5 Å². The van der Waals surface area contributed by atoms with E-state index >= 15 is 0 Å². The molecule has 2 N–H and O–H groups in total. The number of ether oxygens (including phenoxy) is 1. The first-order valence-electron chi connectivity index (χ1n) is 9.11. The van der Waals surface area contributed by atoms with Crippen LogP contribution in [0.3, 0.4) is 0 Å². The number of H-pyrrole nitrogens is 1. The summed E-state index contributed by atoms with van der Waals surface area (Å²) in [6.45, 7) is 5.93. The lowest BCUT2D eigenvalue weighted by atomic mass is 10.0. The standard InChI is InChI=1S/C20H27N3O3/c1-13(2)17(24)12-23-9-8-16-15(11-23)20(25)22-19(21-16)10-14-6-4-5-7-18(14)26-3/h4-7,13,17,24H,8-12H2,1-3H3,(H,21,22,25). The Kier molecular flexibility index (Phi) is 5.74. The highest BCUT2D eigenvalue weighted by atomic mass is 16.5. The fourth-order valence-corrected chi connectivity index (χ4v) is 3.28. The van der Waals surface area contributed by atoms with Crippen LogP contribution < -0.4 is 10.3 Å². The molecule has 6 nitrogen and oxygen atoms in total. The van der Waals surface area contributed by atoms with Crippen LogP contribution >= 0.6 is 0 Å². The van der Waals surface area contributed by atoms with Crippen LogP contribution in [0.5, 0.6) is 5.75 Å². The normalized spacial score (nSPS) is 15.7. The maximum absolute atomic E-state index is 12.6. The van der Waals surface area contributed by atoms with E-state index in [1.165, 1.54) is 0 Å². The number of β-amino-alcohol motifs (C(OH)–C–C–N with tert-alkyl or cyclic N) is 1. The van der Waals surface area contributed by atoms with Crippen molar-refractivity contribution in [1.82, 2.24) is 14.9 Å². The molecule has 2 heterocycles. The number of benzene rings is 1. The molecule has 1 aliphatic rings. The Labute approximate surface area is 153 Å². The van der Waals surface area contributed by atoms with E-state index in [0.717, 1.165) is 35.5 Å². The molecule has 26 heavy (non-hydrogen) atoms. The van der Waals surface area contributed by atoms with Gasteiger partial charge in [-0.2, -0.15) is 0 Å². The zero-order valence-electron chi connectivity index (χ0n) is 15.7. The molecule has 1 aromatic carbocycles. The largest absolute Gasteiger partial charge is 0.496 e. The summed E-state index contributed by atoms with van der Waals surface area (Å²) < 4.78 is 5.38. The number of nitrogens with zero attached hydrogens (tertiary/aromatic N) is 2. The van der Waals surface area contributed by atoms with E-state index in [0.29, 0.717) is 25.3 Å². The van der Waals surface area contributed by atoms with Crippen molar-refractivity contribution in [3.8, 4) is 5.75 Å². The Morgan fingerprint density at radius 2 is 2.12 bits per heavy atom. The zero-order chi connectivity index (χ0) is 18.7. The molecular weight excluding hydrogens is 330 g/mol. The maximum atomic E-state index is 12.6. The smallest absolute Gasteiger partial charge is 0.255 e. The summed E-state index contributed by atoms with van der Waals surface area (Å²) >= 11 is 0. The van der Waals surface area contributed by atoms with E-state index in [1.807, 2.05) is 38.1 Å². The maximum Gasteiger partial charge on any atom is 0.255 e. The van der Waals surface area contributed by atoms with Crippen LogP contribution in [-0.4, -0.2) is 46.3 Å². The number of aliphatic hydroxyl groups excluding tert-OH is 1. The number of methoxy groups -OCH3 is 1. The Morgan fingerprint density at radius 3 is 2.85 bits per heavy atom. The van der Waals surface area contributed by atoms with E-state index in [2.05, 4.69) is 9.88 Å². The van der Waals surface area contributed by atoms with E-state index in [4.69, 9.17) is 9.72 Å². The van der Waals surface area contributed by atoms with Crippen LogP contribution in [0.1, 0.15) is 36.5 Å². The molecule has 1 aliphatic heterocycles. The van der Waals surface area contributed by atoms with Crippen LogP contribution in [-0.2, 0) is 19.4 Å². The average Bonchev–Trinajstić information content (AvgIpc) is 2.62. The minimum atomic E-state index is -0.381. The number of para-hydroxylation sites is 1. The van der Waals surface area contributed by atoms with Crippen LogP contribution in [0.25, 0.3) is 0 Å². The van der Waals surface area contributed by atoms with E-state index in [9.17, 15) is 9.90 Å². The van der Waals surface area contributed by atoms with Gasteiger partial charge in [-0.15, -0.1) is 0 Å². The molecule has 0 bridgehead atoms. The van der Waals surface area contributed by atoms with Gasteiger partial charge < -0.3 is 14.8 Å². The highest BCUT2D eigenvalue weighted by Gasteiger charge is 2.23. The van der Waals surface area contributed by atoms with Crippen molar-refractivity contribution in [2.24, 2.45) is 5.92 Å². The predicted molar refractivity (Wildman–Crippen MR) is 100 cm³/mol. The van der Waals surface area contributed by atoms with Gasteiger partial charge in [-0.05, 0) is 12.0 Å². The van der Waals surface area contributed by atoms with Crippen molar-refractivity contribution in [3.63, 3.8) is 0 Å². The molecule has 0 radical (unpaired) electrons. The Hall–Kier alpha value is -2.18. The second-order valence-electron chi connectivity index (χ2n) is 7.22. The number of hydrogen-bond acceptors (Lipinski definition) is 5. The number of hydrogen-bond donors (Lipinski definition) is 2. The lowest BCUT2D eigenvalue weighted by Gasteiger charge is -2.30. The molecule has 1 aromatic heterocycles. The number of fused-ring (bicyclic) bond motifs is 1. The molecule has 1 atom stereocenters. The Balaban J connectivity index is 1.78.